The number of amides is 1. The first-order valence-electron chi connectivity index (χ1n) is 8.74. The molecule has 0 bridgehead atoms. The first-order chi connectivity index (χ1) is 13.0. The lowest BCUT2D eigenvalue weighted by Crippen LogP contribution is -2.27. The number of rotatable bonds is 6. The van der Waals surface area contributed by atoms with Gasteiger partial charge < -0.3 is 10.6 Å². The number of carbonyl (C=O) groups is 1. The standard InChI is InChI=1S/C21H21FN4O/c1-14(2)12-23-21(27)16-6-4-8-18(10-16)26-20-11-19(24-13-25-20)15-5-3-7-17(22)9-15/h3-11,13-14H,12H2,1-2H3,(H,23,27)(H,24,25,26). The Labute approximate surface area is 157 Å². The number of halogens is 1. The number of anilines is 2. The summed E-state index contributed by atoms with van der Waals surface area (Å²) in [6.45, 7) is 4.71. The van der Waals surface area contributed by atoms with Gasteiger partial charge in [-0.1, -0.05) is 32.0 Å². The van der Waals surface area contributed by atoms with Gasteiger partial charge in [0.25, 0.3) is 5.91 Å². The van der Waals surface area contributed by atoms with Crippen LogP contribution in [0.3, 0.4) is 0 Å². The van der Waals surface area contributed by atoms with Crippen LogP contribution in [0.4, 0.5) is 15.9 Å². The van der Waals surface area contributed by atoms with Crippen molar-refractivity contribution < 1.29 is 9.18 Å². The Morgan fingerprint density at radius 1 is 1.07 bits per heavy atom. The predicted octanol–water partition coefficient (Wildman–Crippen LogP) is 4.41. The van der Waals surface area contributed by atoms with Crippen molar-refractivity contribution in [1.82, 2.24) is 15.3 Å². The van der Waals surface area contributed by atoms with Crippen molar-refractivity contribution in [2.24, 2.45) is 5.92 Å². The summed E-state index contributed by atoms with van der Waals surface area (Å²) in [5, 5.41) is 6.06. The SMILES string of the molecule is CC(C)CNC(=O)c1cccc(Nc2cc(-c3cccc(F)c3)ncn2)c1. The zero-order valence-electron chi connectivity index (χ0n) is 15.2. The van der Waals surface area contributed by atoms with E-state index < -0.39 is 0 Å². The number of benzene rings is 2. The number of carbonyl (C=O) groups excluding carboxylic acids is 1. The van der Waals surface area contributed by atoms with E-state index in [-0.39, 0.29) is 11.7 Å². The molecule has 0 aliphatic carbocycles. The van der Waals surface area contributed by atoms with E-state index in [1.807, 2.05) is 19.9 Å². The zero-order chi connectivity index (χ0) is 19.2. The summed E-state index contributed by atoms with van der Waals surface area (Å²) < 4.78 is 13.4. The van der Waals surface area contributed by atoms with Gasteiger partial charge in [-0.25, -0.2) is 14.4 Å². The minimum absolute atomic E-state index is 0.115. The van der Waals surface area contributed by atoms with Gasteiger partial charge in [0, 0.05) is 29.4 Å². The van der Waals surface area contributed by atoms with Gasteiger partial charge in [0.15, 0.2) is 0 Å². The number of aromatic nitrogens is 2. The maximum atomic E-state index is 13.4. The molecule has 1 amide bonds. The predicted molar refractivity (Wildman–Crippen MR) is 104 cm³/mol. The van der Waals surface area contributed by atoms with Crippen LogP contribution in [0.1, 0.15) is 24.2 Å². The van der Waals surface area contributed by atoms with Gasteiger partial charge in [0.05, 0.1) is 5.69 Å². The topological polar surface area (TPSA) is 66.9 Å². The number of nitrogens with zero attached hydrogens (tertiary/aromatic N) is 2. The quantitative estimate of drug-likeness (QED) is 0.680. The summed E-state index contributed by atoms with van der Waals surface area (Å²) >= 11 is 0. The Morgan fingerprint density at radius 2 is 1.89 bits per heavy atom. The highest BCUT2D eigenvalue weighted by Gasteiger charge is 2.08. The summed E-state index contributed by atoms with van der Waals surface area (Å²) in [7, 11) is 0. The molecule has 3 aromatic rings. The van der Waals surface area contributed by atoms with Gasteiger partial charge >= 0.3 is 0 Å². The van der Waals surface area contributed by atoms with Gasteiger partial charge in [-0.2, -0.15) is 0 Å². The van der Waals surface area contributed by atoms with Crippen molar-refractivity contribution in [3.8, 4) is 11.3 Å². The Hall–Kier alpha value is -3.28. The van der Waals surface area contributed by atoms with Gasteiger partial charge in [-0.15, -0.1) is 0 Å². The van der Waals surface area contributed by atoms with Crippen molar-refractivity contribution in [2.45, 2.75) is 13.8 Å². The molecule has 0 saturated heterocycles. The summed E-state index contributed by atoms with van der Waals surface area (Å²) in [5.41, 5.74) is 2.58. The monoisotopic (exact) mass is 364 g/mol. The second-order valence-electron chi connectivity index (χ2n) is 6.61. The van der Waals surface area contributed by atoms with Crippen molar-refractivity contribution in [1.29, 1.82) is 0 Å². The molecule has 5 nitrogen and oxygen atoms in total. The van der Waals surface area contributed by atoms with Crippen molar-refractivity contribution >= 4 is 17.4 Å². The van der Waals surface area contributed by atoms with Gasteiger partial charge in [-0.3, -0.25) is 4.79 Å². The van der Waals surface area contributed by atoms with E-state index in [4.69, 9.17) is 0 Å². The number of nitrogens with one attached hydrogen (secondary N) is 2. The molecular weight excluding hydrogens is 343 g/mol. The molecule has 0 unspecified atom stereocenters. The summed E-state index contributed by atoms with van der Waals surface area (Å²) in [5.74, 6) is 0.512. The van der Waals surface area contributed by atoms with Crippen molar-refractivity contribution in [2.75, 3.05) is 11.9 Å². The van der Waals surface area contributed by atoms with Crippen LogP contribution in [-0.4, -0.2) is 22.4 Å². The molecule has 1 heterocycles. The molecule has 1 aromatic heterocycles. The highest BCUT2D eigenvalue weighted by Crippen LogP contribution is 2.22. The minimum Gasteiger partial charge on any atom is -0.352 e. The third-order valence-electron chi connectivity index (χ3n) is 3.86. The summed E-state index contributed by atoms with van der Waals surface area (Å²) in [4.78, 5) is 20.6. The smallest absolute Gasteiger partial charge is 0.251 e. The normalized spacial score (nSPS) is 10.7. The molecule has 0 spiro atoms. The lowest BCUT2D eigenvalue weighted by atomic mass is 10.1. The van der Waals surface area contributed by atoms with Gasteiger partial charge in [0.2, 0.25) is 0 Å². The Bertz CT molecular complexity index is 943. The van der Waals surface area contributed by atoms with Crippen molar-refractivity contribution in [3.05, 3.63) is 72.3 Å². The molecule has 3 rings (SSSR count). The van der Waals surface area contributed by atoms with E-state index >= 15 is 0 Å². The Kier molecular flexibility index (Phi) is 5.76. The van der Waals surface area contributed by atoms with Crippen LogP contribution in [0, 0.1) is 11.7 Å². The van der Waals surface area contributed by atoms with Crippen molar-refractivity contribution in [3.63, 3.8) is 0 Å². The minimum atomic E-state index is -0.319. The highest BCUT2D eigenvalue weighted by molar-refractivity contribution is 5.95. The molecule has 138 valence electrons. The maximum absolute atomic E-state index is 13.4. The molecule has 0 atom stereocenters. The van der Waals surface area contributed by atoms with Crippen LogP contribution in [0.15, 0.2) is 60.9 Å². The average Bonchev–Trinajstić information content (AvgIpc) is 2.66. The highest BCUT2D eigenvalue weighted by atomic mass is 19.1. The van der Waals surface area contributed by atoms with Crippen LogP contribution in [0.5, 0.6) is 0 Å². The van der Waals surface area contributed by atoms with E-state index in [9.17, 15) is 9.18 Å². The molecule has 6 heteroatoms. The molecule has 0 saturated carbocycles. The molecule has 2 N–H and O–H groups in total. The zero-order valence-corrected chi connectivity index (χ0v) is 15.2. The van der Waals surface area contributed by atoms with E-state index in [1.54, 1.807) is 36.4 Å². The fourth-order valence-electron chi connectivity index (χ4n) is 2.52. The summed E-state index contributed by atoms with van der Waals surface area (Å²) in [6, 6.07) is 15.2. The van der Waals surface area contributed by atoms with E-state index in [0.717, 1.165) is 5.69 Å². The Morgan fingerprint density at radius 3 is 2.67 bits per heavy atom. The molecular formula is C21H21FN4O. The average molecular weight is 364 g/mol. The van der Waals surface area contributed by atoms with Crippen LogP contribution < -0.4 is 10.6 Å². The van der Waals surface area contributed by atoms with Gasteiger partial charge in [0.1, 0.15) is 18.0 Å². The molecule has 0 aliphatic rings. The second-order valence-corrected chi connectivity index (χ2v) is 6.61. The van der Waals surface area contributed by atoms with Crippen LogP contribution in [0.2, 0.25) is 0 Å². The largest absolute Gasteiger partial charge is 0.352 e. The maximum Gasteiger partial charge on any atom is 0.251 e. The lowest BCUT2D eigenvalue weighted by Gasteiger charge is -2.10. The fourth-order valence-corrected chi connectivity index (χ4v) is 2.52. The Balaban J connectivity index is 1.77. The molecule has 0 aliphatic heterocycles. The number of hydrogen-bond donors (Lipinski definition) is 2. The lowest BCUT2D eigenvalue weighted by molar-refractivity contribution is 0.0949. The van der Waals surface area contributed by atoms with Gasteiger partial charge in [-0.05, 0) is 36.2 Å². The van der Waals surface area contributed by atoms with Crippen LogP contribution >= 0.6 is 0 Å². The number of hydrogen-bond acceptors (Lipinski definition) is 4. The molecule has 27 heavy (non-hydrogen) atoms. The van der Waals surface area contributed by atoms with E-state index in [2.05, 4.69) is 20.6 Å². The van der Waals surface area contributed by atoms with E-state index in [0.29, 0.717) is 35.1 Å². The molecule has 0 fully saturated rings. The third kappa shape index (κ3) is 5.10. The molecule has 2 aromatic carbocycles. The van der Waals surface area contributed by atoms with E-state index in [1.165, 1.54) is 18.5 Å². The first kappa shape index (κ1) is 18.5. The first-order valence-corrected chi connectivity index (χ1v) is 8.74. The third-order valence-corrected chi connectivity index (χ3v) is 3.86. The fraction of sp³-hybridized carbons (Fsp3) is 0.190. The summed E-state index contributed by atoms with van der Waals surface area (Å²) in [6.07, 6.45) is 1.42. The second kappa shape index (κ2) is 8.40. The van der Waals surface area contributed by atoms with Crippen LogP contribution in [0.25, 0.3) is 11.3 Å². The van der Waals surface area contributed by atoms with Crippen LogP contribution in [-0.2, 0) is 0 Å². The molecule has 0 radical (unpaired) electrons.